The van der Waals surface area contributed by atoms with E-state index in [1.54, 1.807) is 60.7 Å². The normalized spacial score (nSPS) is 12.6. The molecule has 0 N–H and O–H groups in total. The molecule has 8 nitrogen and oxygen atoms in total. The van der Waals surface area contributed by atoms with Crippen LogP contribution >= 0.6 is 0 Å². The molecule has 0 heterocycles. The van der Waals surface area contributed by atoms with Gasteiger partial charge in [0, 0.05) is 0 Å². The Labute approximate surface area is 228 Å². The third-order valence-electron chi connectivity index (χ3n) is 5.60. The smallest absolute Gasteiger partial charge is 0.264 e. The van der Waals surface area contributed by atoms with E-state index in [1.807, 2.05) is 36.4 Å². The summed E-state index contributed by atoms with van der Waals surface area (Å²) in [6, 6.07) is 33.7. The molecule has 39 heavy (non-hydrogen) atoms. The molecule has 0 amide bonds. The molecule has 0 unspecified atom stereocenters. The predicted octanol–water partition coefficient (Wildman–Crippen LogP) is 5.78. The summed E-state index contributed by atoms with van der Waals surface area (Å²) in [4.78, 5) is -0.00661. The first-order valence-corrected chi connectivity index (χ1v) is 14.9. The molecule has 0 saturated heterocycles. The third kappa shape index (κ3) is 7.86. The lowest BCUT2D eigenvalue weighted by atomic mass is 10.0. The van der Waals surface area contributed by atoms with Crippen LogP contribution in [0.1, 0.15) is 30.4 Å². The lowest BCUT2D eigenvalue weighted by molar-refractivity contribution is 0.337. The topological polar surface area (TPSA) is 111 Å². The Morgan fingerprint density at radius 1 is 0.487 bits per heavy atom. The number of hydrogen-bond donors (Lipinski definition) is 0. The summed E-state index contributed by atoms with van der Waals surface area (Å²) in [6.07, 6.45) is 1.10. The van der Waals surface area contributed by atoms with Gasteiger partial charge in [-0.25, -0.2) is 0 Å². The molecule has 0 aliphatic carbocycles. The summed E-state index contributed by atoms with van der Waals surface area (Å²) in [5.74, 6) is 0. The third-order valence-corrected chi connectivity index (χ3v) is 7.84. The Morgan fingerprint density at radius 2 is 0.795 bits per heavy atom. The predicted molar refractivity (Wildman–Crippen MR) is 149 cm³/mol. The summed E-state index contributed by atoms with van der Waals surface area (Å²) < 4.78 is 60.5. The highest BCUT2D eigenvalue weighted by Crippen LogP contribution is 2.18. The van der Waals surface area contributed by atoms with Crippen molar-refractivity contribution in [3.05, 3.63) is 132 Å². The van der Waals surface area contributed by atoms with Crippen LogP contribution in [-0.2, 0) is 28.8 Å². The number of nitrogens with zero attached hydrogens (tertiary/aromatic N) is 2. The van der Waals surface area contributed by atoms with Crippen LogP contribution in [0.15, 0.2) is 141 Å². The van der Waals surface area contributed by atoms with Gasteiger partial charge in [0.15, 0.2) is 0 Å². The van der Waals surface area contributed by atoms with Crippen LogP contribution < -0.4 is 0 Å². The zero-order valence-electron chi connectivity index (χ0n) is 20.8. The molecule has 4 aromatic carbocycles. The minimum atomic E-state index is -4.10. The highest BCUT2D eigenvalue weighted by Gasteiger charge is 2.18. The molecule has 0 atom stereocenters. The van der Waals surface area contributed by atoms with Crippen molar-refractivity contribution in [2.75, 3.05) is 0 Å². The van der Waals surface area contributed by atoms with Gasteiger partial charge in [-0.05, 0) is 54.7 Å². The zero-order chi connectivity index (χ0) is 27.6. The maximum Gasteiger partial charge on any atom is 0.358 e. The Bertz CT molecular complexity index is 1500. The Hall–Kier alpha value is -4.28. The molecule has 0 aromatic heterocycles. The fourth-order valence-corrected chi connectivity index (χ4v) is 5.15. The van der Waals surface area contributed by atoms with Crippen LogP contribution in [0.25, 0.3) is 0 Å². The molecule has 10 heteroatoms. The van der Waals surface area contributed by atoms with Crippen molar-refractivity contribution < 1.29 is 25.4 Å². The second-order valence-electron chi connectivity index (χ2n) is 8.34. The molecule has 200 valence electrons. The van der Waals surface area contributed by atoms with E-state index in [2.05, 4.69) is 10.3 Å². The second kappa shape index (κ2) is 13.0. The van der Waals surface area contributed by atoms with Gasteiger partial charge in [-0.15, -0.1) is 0 Å². The molecule has 0 aliphatic rings. The number of benzene rings is 4. The SMILES string of the molecule is O=S(=O)(ON=C(CCCC(=NOS(=O)(=O)c1ccccc1)c1ccccc1)c1ccccc1)c1ccccc1. The van der Waals surface area contributed by atoms with E-state index in [9.17, 15) is 16.8 Å². The highest BCUT2D eigenvalue weighted by molar-refractivity contribution is 7.87. The van der Waals surface area contributed by atoms with Crippen molar-refractivity contribution in [1.29, 1.82) is 0 Å². The molecular formula is C29H26N2O6S2. The summed E-state index contributed by atoms with van der Waals surface area (Å²) in [7, 11) is -8.19. The van der Waals surface area contributed by atoms with Gasteiger partial charge in [-0.2, -0.15) is 16.8 Å². The van der Waals surface area contributed by atoms with Crippen LogP contribution in [0, 0.1) is 0 Å². The standard InChI is InChI=1S/C29H26N2O6S2/c32-38(33,26-18-9-3-10-19-26)36-30-28(24-14-5-1-6-15-24)22-13-23-29(25-16-7-2-8-17-25)31-37-39(34,35)27-20-11-4-12-21-27/h1-12,14-21H,13,22-23H2. The summed E-state index contributed by atoms with van der Waals surface area (Å²) in [6.45, 7) is 0. The maximum absolute atomic E-state index is 12.6. The Kier molecular flexibility index (Phi) is 9.24. The molecule has 4 aromatic rings. The molecule has 0 fully saturated rings. The van der Waals surface area contributed by atoms with E-state index < -0.39 is 20.2 Å². The highest BCUT2D eigenvalue weighted by atomic mass is 32.2. The molecule has 4 rings (SSSR count). The quantitative estimate of drug-likeness (QED) is 0.160. The maximum atomic E-state index is 12.6. The summed E-state index contributed by atoms with van der Waals surface area (Å²) >= 11 is 0. The Morgan fingerprint density at radius 3 is 1.13 bits per heavy atom. The minimum Gasteiger partial charge on any atom is -0.264 e. The first-order valence-electron chi connectivity index (χ1n) is 12.1. The fraction of sp³-hybridized carbons (Fsp3) is 0.103. The zero-order valence-corrected chi connectivity index (χ0v) is 22.5. The van der Waals surface area contributed by atoms with Crippen molar-refractivity contribution >= 4 is 31.7 Å². The molecular weight excluding hydrogens is 536 g/mol. The van der Waals surface area contributed by atoms with Gasteiger partial charge in [0.05, 0.1) is 11.4 Å². The van der Waals surface area contributed by atoms with Crippen LogP contribution in [-0.4, -0.2) is 28.3 Å². The molecule has 0 aliphatic heterocycles. The minimum absolute atomic E-state index is 0.00330. The van der Waals surface area contributed by atoms with Crippen LogP contribution in [0.2, 0.25) is 0 Å². The second-order valence-corrected chi connectivity index (χ2v) is 11.4. The lowest BCUT2D eigenvalue weighted by Crippen LogP contribution is -2.10. The van der Waals surface area contributed by atoms with E-state index in [4.69, 9.17) is 8.57 Å². The first kappa shape index (κ1) is 27.7. The van der Waals surface area contributed by atoms with Gasteiger partial charge >= 0.3 is 20.2 Å². The average Bonchev–Trinajstić information content (AvgIpc) is 2.98. The van der Waals surface area contributed by atoms with Gasteiger partial charge in [-0.1, -0.05) is 107 Å². The van der Waals surface area contributed by atoms with Gasteiger partial charge < -0.3 is 0 Å². The van der Waals surface area contributed by atoms with Gasteiger partial charge in [0.1, 0.15) is 9.79 Å². The Balaban J connectivity index is 1.53. The van der Waals surface area contributed by atoms with Crippen LogP contribution in [0.4, 0.5) is 0 Å². The van der Waals surface area contributed by atoms with E-state index in [0.717, 1.165) is 0 Å². The monoisotopic (exact) mass is 562 g/mol. The van der Waals surface area contributed by atoms with Crippen molar-refractivity contribution in [3.8, 4) is 0 Å². The van der Waals surface area contributed by atoms with E-state index in [-0.39, 0.29) is 9.79 Å². The van der Waals surface area contributed by atoms with Gasteiger partial charge in [0.25, 0.3) is 0 Å². The van der Waals surface area contributed by atoms with Crippen molar-refractivity contribution in [1.82, 2.24) is 0 Å². The molecule has 0 spiro atoms. The molecule has 0 bridgehead atoms. The summed E-state index contributed by atoms with van der Waals surface area (Å²) in [5, 5.41) is 8.00. The van der Waals surface area contributed by atoms with Gasteiger partial charge in [-0.3, -0.25) is 8.57 Å². The fourth-order valence-electron chi connectivity index (χ4n) is 3.62. The molecule has 0 radical (unpaired) electrons. The number of rotatable bonds is 12. The molecule has 0 saturated carbocycles. The number of oxime groups is 2. The summed E-state index contributed by atoms with van der Waals surface area (Å²) in [5.41, 5.74) is 2.23. The number of hydrogen-bond acceptors (Lipinski definition) is 8. The lowest BCUT2D eigenvalue weighted by Gasteiger charge is -2.10. The van der Waals surface area contributed by atoms with Crippen molar-refractivity contribution in [2.45, 2.75) is 29.1 Å². The van der Waals surface area contributed by atoms with E-state index in [0.29, 0.717) is 41.8 Å². The van der Waals surface area contributed by atoms with Crippen LogP contribution in [0.3, 0.4) is 0 Å². The van der Waals surface area contributed by atoms with Crippen LogP contribution in [0.5, 0.6) is 0 Å². The van der Waals surface area contributed by atoms with Gasteiger partial charge in [0.2, 0.25) is 0 Å². The average molecular weight is 563 g/mol. The largest absolute Gasteiger partial charge is 0.358 e. The van der Waals surface area contributed by atoms with E-state index >= 15 is 0 Å². The van der Waals surface area contributed by atoms with Crippen molar-refractivity contribution in [3.63, 3.8) is 0 Å². The van der Waals surface area contributed by atoms with E-state index in [1.165, 1.54) is 24.3 Å². The first-order chi connectivity index (χ1) is 18.9. The van der Waals surface area contributed by atoms with Crippen molar-refractivity contribution in [2.24, 2.45) is 10.3 Å².